The Kier molecular flexibility index (Phi) is 7.52. The minimum Gasteiger partial charge on any atom is -0.378 e. The molecule has 0 saturated carbocycles. The van der Waals surface area contributed by atoms with Crippen LogP contribution in [0.3, 0.4) is 0 Å². The van der Waals surface area contributed by atoms with Gasteiger partial charge >= 0.3 is 0 Å². The largest absolute Gasteiger partial charge is 0.378 e. The number of nitro groups is 1. The SMILES string of the molecule is CC(NC(=O)c1ccc(C(C)(C)C)cc1)C(=O)NCCNc1ccccc1[N+](=O)[O-]. The summed E-state index contributed by atoms with van der Waals surface area (Å²) in [6, 6.07) is 12.9. The standard InChI is InChI=1S/C22H28N4O4/c1-15(25-21(28)16-9-11-17(12-10-16)22(2,3)4)20(27)24-14-13-23-18-7-5-6-8-19(18)26(29)30/h5-12,15,23H,13-14H2,1-4H3,(H,24,27)(H,25,28). The van der Waals surface area contributed by atoms with E-state index in [1.807, 2.05) is 12.1 Å². The van der Waals surface area contributed by atoms with E-state index in [4.69, 9.17) is 0 Å². The molecule has 0 fully saturated rings. The first kappa shape index (κ1) is 22.9. The summed E-state index contributed by atoms with van der Waals surface area (Å²) < 4.78 is 0. The smallest absolute Gasteiger partial charge is 0.292 e. The summed E-state index contributed by atoms with van der Waals surface area (Å²) in [7, 11) is 0. The topological polar surface area (TPSA) is 113 Å². The fourth-order valence-corrected chi connectivity index (χ4v) is 2.79. The highest BCUT2D eigenvalue weighted by Gasteiger charge is 2.18. The molecule has 2 rings (SSSR count). The van der Waals surface area contributed by atoms with E-state index in [0.29, 0.717) is 17.8 Å². The van der Waals surface area contributed by atoms with Crippen LogP contribution in [-0.2, 0) is 10.2 Å². The molecule has 0 aromatic heterocycles. The molecule has 0 aliphatic heterocycles. The number of carbonyl (C=O) groups excluding carboxylic acids is 2. The molecule has 0 aliphatic carbocycles. The highest BCUT2D eigenvalue weighted by Crippen LogP contribution is 2.23. The van der Waals surface area contributed by atoms with E-state index in [0.717, 1.165) is 5.56 Å². The number of hydrogen-bond donors (Lipinski definition) is 3. The number of rotatable bonds is 8. The van der Waals surface area contributed by atoms with E-state index in [1.165, 1.54) is 6.07 Å². The van der Waals surface area contributed by atoms with Gasteiger partial charge in [-0.2, -0.15) is 0 Å². The van der Waals surface area contributed by atoms with Crippen LogP contribution in [0.1, 0.15) is 43.6 Å². The zero-order valence-electron chi connectivity index (χ0n) is 17.7. The van der Waals surface area contributed by atoms with Gasteiger partial charge in [-0.15, -0.1) is 0 Å². The van der Waals surface area contributed by atoms with Gasteiger partial charge < -0.3 is 16.0 Å². The zero-order valence-corrected chi connectivity index (χ0v) is 17.7. The molecule has 160 valence electrons. The van der Waals surface area contributed by atoms with Crippen LogP contribution in [0.25, 0.3) is 0 Å². The summed E-state index contributed by atoms with van der Waals surface area (Å²) in [5, 5.41) is 19.3. The second-order valence-corrected chi connectivity index (χ2v) is 8.01. The highest BCUT2D eigenvalue weighted by atomic mass is 16.6. The lowest BCUT2D eigenvalue weighted by atomic mass is 9.86. The van der Waals surface area contributed by atoms with Crippen molar-refractivity contribution >= 4 is 23.2 Å². The van der Waals surface area contributed by atoms with Crippen LogP contribution < -0.4 is 16.0 Å². The summed E-state index contributed by atoms with van der Waals surface area (Å²) in [4.78, 5) is 35.1. The Labute approximate surface area is 176 Å². The summed E-state index contributed by atoms with van der Waals surface area (Å²) >= 11 is 0. The van der Waals surface area contributed by atoms with Crippen molar-refractivity contribution in [3.8, 4) is 0 Å². The Morgan fingerprint density at radius 3 is 2.27 bits per heavy atom. The zero-order chi connectivity index (χ0) is 22.3. The molecule has 0 heterocycles. The molecule has 0 saturated heterocycles. The molecule has 0 bridgehead atoms. The molecule has 1 unspecified atom stereocenters. The maximum atomic E-state index is 12.4. The van der Waals surface area contributed by atoms with Crippen LogP contribution >= 0.6 is 0 Å². The second-order valence-electron chi connectivity index (χ2n) is 8.01. The van der Waals surface area contributed by atoms with Crippen molar-refractivity contribution in [2.45, 2.75) is 39.2 Å². The predicted molar refractivity (Wildman–Crippen MR) is 117 cm³/mol. The fourth-order valence-electron chi connectivity index (χ4n) is 2.79. The summed E-state index contributed by atoms with van der Waals surface area (Å²) in [6.45, 7) is 8.46. The van der Waals surface area contributed by atoms with Gasteiger partial charge in [0, 0.05) is 24.7 Å². The normalized spacial score (nSPS) is 12.0. The fraction of sp³-hybridized carbons (Fsp3) is 0.364. The van der Waals surface area contributed by atoms with Gasteiger partial charge in [0.15, 0.2) is 0 Å². The Balaban J connectivity index is 1.81. The monoisotopic (exact) mass is 412 g/mol. The van der Waals surface area contributed by atoms with E-state index in [-0.39, 0.29) is 29.5 Å². The van der Waals surface area contributed by atoms with Crippen molar-refractivity contribution in [2.24, 2.45) is 0 Å². The number of amides is 2. The Morgan fingerprint density at radius 1 is 1.03 bits per heavy atom. The van der Waals surface area contributed by atoms with Gasteiger partial charge in [0.1, 0.15) is 11.7 Å². The van der Waals surface area contributed by atoms with Crippen LogP contribution in [0.4, 0.5) is 11.4 Å². The molecular formula is C22H28N4O4. The maximum absolute atomic E-state index is 12.4. The Bertz CT molecular complexity index is 904. The molecule has 2 aromatic carbocycles. The number of nitrogens with zero attached hydrogens (tertiary/aromatic N) is 1. The molecule has 3 N–H and O–H groups in total. The number of nitrogens with one attached hydrogen (secondary N) is 3. The molecule has 0 spiro atoms. The van der Waals surface area contributed by atoms with Crippen LogP contribution in [0.2, 0.25) is 0 Å². The average molecular weight is 412 g/mol. The molecule has 2 amide bonds. The van der Waals surface area contributed by atoms with Crippen LogP contribution in [-0.4, -0.2) is 35.9 Å². The Hall–Kier alpha value is -3.42. The third-order valence-electron chi connectivity index (χ3n) is 4.59. The molecule has 0 aliphatic rings. The summed E-state index contributed by atoms with van der Waals surface area (Å²) in [5.41, 5.74) is 1.96. The quantitative estimate of drug-likeness (QED) is 0.350. The van der Waals surface area contributed by atoms with Crippen LogP contribution in [0.5, 0.6) is 0 Å². The van der Waals surface area contributed by atoms with Gasteiger partial charge in [-0.1, -0.05) is 45.0 Å². The highest BCUT2D eigenvalue weighted by molar-refractivity contribution is 5.97. The Morgan fingerprint density at radius 2 is 1.67 bits per heavy atom. The molecule has 8 nitrogen and oxygen atoms in total. The number of para-hydroxylation sites is 2. The van der Waals surface area contributed by atoms with Crippen molar-refractivity contribution < 1.29 is 14.5 Å². The molecule has 8 heteroatoms. The van der Waals surface area contributed by atoms with Gasteiger partial charge in [0.05, 0.1) is 4.92 Å². The van der Waals surface area contributed by atoms with E-state index in [2.05, 4.69) is 36.7 Å². The van der Waals surface area contributed by atoms with Crippen molar-refractivity contribution in [1.82, 2.24) is 10.6 Å². The summed E-state index contributed by atoms with van der Waals surface area (Å²) in [5.74, 6) is -0.657. The molecule has 2 aromatic rings. The average Bonchev–Trinajstić information content (AvgIpc) is 2.70. The van der Waals surface area contributed by atoms with Gasteiger partial charge in [-0.25, -0.2) is 0 Å². The summed E-state index contributed by atoms with van der Waals surface area (Å²) in [6.07, 6.45) is 0. The van der Waals surface area contributed by atoms with Crippen LogP contribution in [0, 0.1) is 10.1 Å². The number of carbonyl (C=O) groups is 2. The van der Waals surface area contributed by atoms with Crippen molar-refractivity contribution in [3.63, 3.8) is 0 Å². The number of hydrogen-bond acceptors (Lipinski definition) is 5. The van der Waals surface area contributed by atoms with Crippen molar-refractivity contribution in [3.05, 3.63) is 69.8 Å². The van der Waals surface area contributed by atoms with E-state index in [9.17, 15) is 19.7 Å². The first-order valence-electron chi connectivity index (χ1n) is 9.76. The van der Waals surface area contributed by atoms with Crippen molar-refractivity contribution in [1.29, 1.82) is 0 Å². The van der Waals surface area contributed by atoms with Gasteiger partial charge in [0.25, 0.3) is 11.6 Å². The minimum absolute atomic E-state index is 0.00357. The third kappa shape index (κ3) is 6.30. The second kappa shape index (κ2) is 9.87. The molecule has 30 heavy (non-hydrogen) atoms. The van der Waals surface area contributed by atoms with E-state index >= 15 is 0 Å². The number of nitro benzene ring substituents is 1. The molecule has 1 atom stereocenters. The number of benzene rings is 2. The lowest BCUT2D eigenvalue weighted by Crippen LogP contribution is -2.45. The van der Waals surface area contributed by atoms with Gasteiger partial charge in [0.2, 0.25) is 5.91 Å². The van der Waals surface area contributed by atoms with Crippen LogP contribution in [0.15, 0.2) is 48.5 Å². The lowest BCUT2D eigenvalue weighted by molar-refractivity contribution is -0.384. The maximum Gasteiger partial charge on any atom is 0.292 e. The minimum atomic E-state index is -0.717. The lowest BCUT2D eigenvalue weighted by Gasteiger charge is -2.19. The molecular weight excluding hydrogens is 384 g/mol. The van der Waals surface area contributed by atoms with E-state index < -0.39 is 11.0 Å². The molecule has 0 radical (unpaired) electrons. The predicted octanol–water partition coefficient (Wildman–Crippen LogP) is 3.24. The van der Waals surface area contributed by atoms with Gasteiger partial charge in [-0.05, 0) is 36.1 Å². The number of anilines is 1. The van der Waals surface area contributed by atoms with Crippen molar-refractivity contribution in [2.75, 3.05) is 18.4 Å². The van der Waals surface area contributed by atoms with E-state index in [1.54, 1.807) is 37.3 Å². The first-order valence-corrected chi connectivity index (χ1v) is 9.76. The third-order valence-corrected chi connectivity index (χ3v) is 4.59. The first-order chi connectivity index (χ1) is 14.1. The van der Waals surface area contributed by atoms with Gasteiger partial charge in [-0.3, -0.25) is 19.7 Å².